The lowest BCUT2D eigenvalue weighted by Crippen LogP contribution is -2.26. The highest BCUT2D eigenvalue weighted by molar-refractivity contribution is 7.73. The molecule has 1 heterocycles. The number of carbonyl (C=O) groups is 1. The Morgan fingerprint density at radius 3 is 2.65 bits per heavy atom. The van der Waals surface area contributed by atoms with Gasteiger partial charge in [0, 0.05) is 6.54 Å². The summed E-state index contributed by atoms with van der Waals surface area (Å²) in [4.78, 5) is 12.8. The van der Waals surface area contributed by atoms with Gasteiger partial charge in [0.2, 0.25) is 0 Å². The van der Waals surface area contributed by atoms with Crippen LogP contribution >= 0.6 is 23.6 Å². The Hall–Kier alpha value is -1.66. The van der Waals surface area contributed by atoms with Crippen LogP contribution in [0.25, 0.3) is 0 Å². The van der Waals surface area contributed by atoms with Crippen molar-refractivity contribution < 1.29 is 4.79 Å². The summed E-state index contributed by atoms with van der Waals surface area (Å²) in [5.74, 6) is 0.266. The topological polar surface area (TPSA) is 60.0 Å². The molecule has 1 aromatic heterocycles. The fourth-order valence-corrected chi connectivity index (χ4v) is 3.32. The van der Waals surface area contributed by atoms with Crippen LogP contribution in [-0.2, 0) is 6.54 Å². The van der Waals surface area contributed by atoms with Gasteiger partial charge in [-0.15, -0.1) is 0 Å². The molecule has 0 aliphatic rings. The third-order valence-electron chi connectivity index (χ3n) is 3.10. The van der Waals surface area contributed by atoms with Gasteiger partial charge >= 0.3 is 0 Å². The number of carbonyl (C=O) groups excluding carboxylic acids is 1. The van der Waals surface area contributed by atoms with Crippen LogP contribution in [0, 0.1) is 3.95 Å². The van der Waals surface area contributed by atoms with E-state index in [-0.39, 0.29) is 11.9 Å². The monoisotopic (exact) mass is 307 g/mol. The van der Waals surface area contributed by atoms with E-state index in [0.29, 0.717) is 21.2 Å². The number of hydrogen-bond acceptors (Lipinski definition) is 4. The zero-order valence-corrected chi connectivity index (χ0v) is 13.1. The maximum atomic E-state index is 12.3. The second-order valence-corrected chi connectivity index (χ2v) is 6.08. The van der Waals surface area contributed by atoms with Crippen LogP contribution in [0.15, 0.2) is 30.3 Å². The van der Waals surface area contributed by atoms with Gasteiger partial charge in [0.15, 0.2) is 3.95 Å². The zero-order valence-electron chi connectivity index (χ0n) is 11.4. The summed E-state index contributed by atoms with van der Waals surface area (Å²) >= 11 is 6.46. The molecular formula is C14H17N3OS2. The number of aromatic nitrogens is 1. The number of nitrogens with two attached hydrogens (primary N) is 1. The molecule has 1 amide bonds. The minimum absolute atomic E-state index is 0.0751. The molecule has 0 aliphatic carbocycles. The van der Waals surface area contributed by atoms with Gasteiger partial charge in [0.25, 0.3) is 5.91 Å². The molecule has 2 aromatic rings. The Bertz CT molecular complexity index is 661. The van der Waals surface area contributed by atoms with Crippen molar-refractivity contribution in [2.75, 3.05) is 5.73 Å². The molecule has 2 rings (SSSR count). The van der Waals surface area contributed by atoms with Crippen LogP contribution in [0.2, 0.25) is 0 Å². The summed E-state index contributed by atoms with van der Waals surface area (Å²) in [6.07, 6.45) is 0. The van der Waals surface area contributed by atoms with E-state index in [1.807, 2.05) is 44.2 Å². The summed E-state index contributed by atoms with van der Waals surface area (Å²) < 4.78 is 2.39. The lowest BCUT2D eigenvalue weighted by molar-refractivity contribution is 0.0944. The number of nitrogens with zero attached hydrogens (tertiary/aromatic N) is 1. The van der Waals surface area contributed by atoms with Gasteiger partial charge in [-0.1, -0.05) is 41.7 Å². The van der Waals surface area contributed by atoms with Crippen LogP contribution in [0.1, 0.15) is 35.1 Å². The molecule has 3 N–H and O–H groups in total. The number of anilines is 1. The average molecular weight is 307 g/mol. The molecule has 20 heavy (non-hydrogen) atoms. The number of hydrogen-bond donors (Lipinski definition) is 2. The first kappa shape index (κ1) is 14.7. The summed E-state index contributed by atoms with van der Waals surface area (Å²) in [6.45, 7) is 4.56. The molecule has 0 radical (unpaired) electrons. The van der Waals surface area contributed by atoms with Crippen LogP contribution in [0.3, 0.4) is 0 Å². The van der Waals surface area contributed by atoms with Crippen LogP contribution in [0.5, 0.6) is 0 Å². The third kappa shape index (κ3) is 2.91. The predicted molar refractivity (Wildman–Crippen MR) is 85.6 cm³/mol. The van der Waals surface area contributed by atoms with E-state index >= 15 is 0 Å². The number of amides is 1. The van der Waals surface area contributed by atoms with Gasteiger partial charge in [-0.25, -0.2) is 0 Å². The number of rotatable bonds is 4. The highest BCUT2D eigenvalue weighted by Crippen LogP contribution is 2.23. The van der Waals surface area contributed by atoms with E-state index in [1.54, 1.807) is 4.57 Å². The predicted octanol–water partition coefficient (Wildman–Crippen LogP) is 3.37. The summed E-state index contributed by atoms with van der Waals surface area (Å²) in [6, 6.07) is 9.73. The summed E-state index contributed by atoms with van der Waals surface area (Å²) in [5.41, 5.74) is 7.03. The number of nitrogens with one attached hydrogen (secondary N) is 1. The van der Waals surface area contributed by atoms with E-state index in [4.69, 9.17) is 18.0 Å². The maximum Gasteiger partial charge on any atom is 0.265 e. The highest BCUT2D eigenvalue weighted by Gasteiger charge is 2.18. The number of benzene rings is 1. The van der Waals surface area contributed by atoms with Crippen LogP contribution in [-0.4, -0.2) is 10.5 Å². The fraction of sp³-hybridized carbons (Fsp3) is 0.286. The van der Waals surface area contributed by atoms with Crippen molar-refractivity contribution in [2.45, 2.75) is 26.4 Å². The molecule has 1 atom stereocenters. The minimum Gasteiger partial charge on any atom is -0.384 e. The maximum absolute atomic E-state index is 12.3. The van der Waals surface area contributed by atoms with Gasteiger partial charge in [-0.2, -0.15) is 0 Å². The van der Waals surface area contributed by atoms with Crippen molar-refractivity contribution in [1.82, 2.24) is 9.88 Å². The van der Waals surface area contributed by atoms with E-state index < -0.39 is 0 Å². The van der Waals surface area contributed by atoms with E-state index in [2.05, 4.69) is 5.32 Å². The van der Waals surface area contributed by atoms with Crippen molar-refractivity contribution in [3.63, 3.8) is 0 Å². The second kappa shape index (κ2) is 6.19. The molecule has 1 aromatic carbocycles. The van der Waals surface area contributed by atoms with Crippen molar-refractivity contribution in [3.05, 3.63) is 44.7 Å². The zero-order chi connectivity index (χ0) is 14.7. The fourth-order valence-electron chi connectivity index (χ4n) is 1.96. The first-order valence-corrected chi connectivity index (χ1v) is 7.62. The van der Waals surface area contributed by atoms with Gasteiger partial charge in [0.1, 0.15) is 10.7 Å². The van der Waals surface area contributed by atoms with Crippen molar-refractivity contribution in [1.29, 1.82) is 0 Å². The van der Waals surface area contributed by atoms with E-state index in [0.717, 1.165) is 5.56 Å². The molecule has 0 spiro atoms. The quantitative estimate of drug-likeness (QED) is 0.851. The largest absolute Gasteiger partial charge is 0.384 e. The van der Waals surface area contributed by atoms with E-state index in [9.17, 15) is 4.79 Å². The molecule has 0 unspecified atom stereocenters. The molecule has 4 nitrogen and oxygen atoms in total. The summed E-state index contributed by atoms with van der Waals surface area (Å²) in [7, 11) is 0. The number of thiazole rings is 1. The molecule has 0 fully saturated rings. The van der Waals surface area contributed by atoms with Crippen molar-refractivity contribution in [3.8, 4) is 0 Å². The Kier molecular flexibility index (Phi) is 4.57. The van der Waals surface area contributed by atoms with Crippen molar-refractivity contribution in [2.24, 2.45) is 0 Å². The average Bonchev–Trinajstić information content (AvgIpc) is 2.74. The van der Waals surface area contributed by atoms with Crippen molar-refractivity contribution >= 4 is 35.3 Å². The molecular weight excluding hydrogens is 290 g/mol. The third-order valence-corrected chi connectivity index (χ3v) is 4.57. The second-order valence-electron chi connectivity index (χ2n) is 4.43. The molecule has 106 valence electrons. The standard InChI is InChI=1S/C14H17N3OS2/c1-3-17-12(15)11(20-14(17)19)13(18)16-9(2)10-7-5-4-6-8-10/h4-9H,3,15H2,1-2H3,(H,16,18)/t9-/m1/s1. The molecule has 0 saturated heterocycles. The molecule has 0 aliphatic heterocycles. The van der Waals surface area contributed by atoms with Gasteiger partial charge in [-0.3, -0.25) is 4.79 Å². The van der Waals surface area contributed by atoms with E-state index in [1.165, 1.54) is 11.3 Å². The Morgan fingerprint density at radius 2 is 2.10 bits per heavy atom. The number of nitrogen functional groups attached to an aromatic ring is 1. The smallest absolute Gasteiger partial charge is 0.265 e. The Morgan fingerprint density at radius 1 is 1.45 bits per heavy atom. The van der Waals surface area contributed by atoms with Gasteiger partial charge in [-0.05, 0) is 31.6 Å². The molecule has 6 heteroatoms. The van der Waals surface area contributed by atoms with Crippen LogP contribution in [0.4, 0.5) is 5.82 Å². The lowest BCUT2D eigenvalue weighted by Gasteiger charge is -2.13. The van der Waals surface area contributed by atoms with Crippen LogP contribution < -0.4 is 11.1 Å². The van der Waals surface area contributed by atoms with Gasteiger partial charge in [0.05, 0.1) is 6.04 Å². The summed E-state index contributed by atoms with van der Waals surface area (Å²) in [5, 5.41) is 2.95. The normalized spacial score (nSPS) is 12.1. The SMILES string of the molecule is CCn1c(N)c(C(=O)N[C@H](C)c2ccccc2)sc1=S. The first-order chi connectivity index (χ1) is 9.54. The molecule has 0 bridgehead atoms. The molecule has 0 saturated carbocycles. The van der Waals surface area contributed by atoms with Gasteiger partial charge < -0.3 is 15.6 Å². The lowest BCUT2D eigenvalue weighted by atomic mass is 10.1. The Balaban J connectivity index is 2.19. The minimum atomic E-state index is -0.179. The first-order valence-electron chi connectivity index (χ1n) is 6.39. The Labute approximate surface area is 127 Å². The highest BCUT2D eigenvalue weighted by atomic mass is 32.1.